The predicted octanol–water partition coefficient (Wildman–Crippen LogP) is 4.02. The summed E-state index contributed by atoms with van der Waals surface area (Å²) in [6.45, 7) is 10.6. The van der Waals surface area contributed by atoms with Gasteiger partial charge in [-0.2, -0.15) is 0 Å². The molecule has 0 heterocycles. The van der Waals surface area contributed by atoms with Gasteiger partial charge >= 0.3 is 0 Å². The second-order valence-corrected chi connectivity index (χ2v) is 2.54. The molecular weight excluding hydrogens is 120 g/mol. The first-order valence-electron chi connectivity index (χ1n) is 4.38. The van der Waals surface area contributed by atoms with Gasteiger partial charge in [-0.1, -0.05) is 39.8 Å². The summed E-state index contributed by atoms with van der Waals surface area (Å²) in [6, 6.07) is 0. The molecule has 0 radical (unpaired) electrons. The average molecular weight is 142 g/mol. The summed E-state index contributed by atoms with van der Waals surface area (Å²) < 4.78 is 0. The summed E-state index contributed by atoms with van der Waals surface area (Å²) >= 11 is 0. The minimum Gasteiger partial charge on any atom is -0.0917 e. The Morgan fingerprint density at radius 3 is 2.00 bits per heavy atom. The van der Waals surface area contributed by atoms with Crippen molar-refractivity contribution in [2.45, 2.75) is 47.5 Å². The minimum atomic E-state index is 0.853. The van der Waals surface area contributed by atoms with E-state index in [1.165, 1.54) is 12.8 Å². The molecule has 0 saturated carbocycles. The van der Waals surface area contributed by atoms with Crippen molar-refractivity contribution in [2.75, 3.05) is 0 Å². The summed E-state index contributed by atoms with van der Waals surface area (Å²) in [6.07, 6.45) is 6.90. The molecule has 0 aromatic carbocycles. The molecule has 0 bridgehead atoms. The van der Waals surface area contributed by atoms with Gasteiger partial charge in [0.25, 0.3) is 0 Å². The highest BCUT2D eigenvalue weighted by atomic mass is 13.9. The van der Waals surface area contributed by atoms with E-state index < -0.39 is 0 Å². The smallest absolute Gasteiger partial charge is 0.0348 e. The van der Waals surface area contributed by atoms with E-state index in [2.05, 4.69) is 32.9 Å². The van der Waals surface area contributed by atoms with Gasteiger partial charge in [0, 0.05) is 0 Å². The minimum absolute atomic E-state index is 0.853. The number of hydrogen-bond donors (Lipinski definition) is 0. The Morgan fingerprint density at radius 1 is 1.20 bits per heavy atom. The lowest BCUT2D eigenvalue weighted by Gasteiger charge is -1.97. The summed E-state index contributed by atoms with van der Waals surface area (Å²) in [5, 5.41) is 0. The van der Waals surface area contributed by atoms with Crippen LogP contribution in [-0.4, -0.2) is 0 Å². The fourth-order valence-electron chi connectivity index (χ4n) is 0.596. The zero-order valence-corrected chi connectivity index (χ0v) is 8.15. The van der Waals surface area contributed by atoms with E-state index in [4.69, 9.17) is 0 Å². The first-order chi connectivity index (χ1) is 4.77. The zero-order chi connectivity index (χ0) is 8.41. The normalized spacial score (nSPS) is 9.80. The average Bonchev–Trinajstić information content (AvgIpc) is 1.92. The Balaban J connectivity index is 0. The fraction of sp³-hybridized carbons (Fsp3) is 0.800. The second kappa shape index (κ2) is 11.5. The number of hydrogen-bond acceptors (Lipinski definition) is 0. The maximum Gasteiger partial charge on any atom is -0.0348 e. The van der Waals surface area contributed by atoms with Crippen LogP contribution in [0.25, 0.3) is 0 Å². The largest absolute Gasteiger partial charge is 0.0917 e. The molecule has 0 saturated heterocycles. The maximum absolute atomic E-state index is 2.25. The van der Waals surface area contributed by atoms with Crippen molar-refractivity contribution in [3.05, 3.63) is 12.2 Å². The molecule has 62 valence electrons. The summed E-state index contributed by atoms with van der Waals surface area (Å²) in [7, 11) is 0. The summed E-state index contributed by atoms with van der Waals surface area (Å²) in [5.41, 5.74) is 0. The first-order valence-corrected chi connectivity index (χ1v) is 4.38. The van der Waals surface area contributed by atoms with Crippen molar-refractivity contribution < 1.29 is 0 Å². The van der Waals surface area contributed by atoms with Crippen LogP contribution in [0.5, 0.6) is 0 Å². The van der Waals surface area contributed by atoms with Crippen LogP contribution in [0.15, 0.2) is 12.2 Å². The van der Waals surface area contributed by atoms with E-state index in [0.717, 1.165) is 5.92 Å². The molecule has 0 aromatic heterocycles. The van der Waals surface area contributed by atoms with Gasteiger partial charge in [-0.25, -0.2) is 0 Å². The Labute approximate surface area is 66.3 Å². The van der Waals surface area contributed by atoms with E-state index in [1.807, 2.05) is 13.8 Å². The molecule has 0 rings (SSSR count). The third-order valence-corrected chi connectivity index (χ3v) is 1.15. The lowest BCUT2D eigenvalue weighted by molar-refractivity contribution is 0.594. The van der Waals surface area contributed by atoms with E-state index in [9.17, 15) is 0 Å². The van der Waals surface area contributed by atoms with Crippen molar-refractivity contribution in [1.82, 2.24) is 0 Å². The molecule has 0 N–H and O–H groups in total. The number of rotatable bonds is 3. The van der Waals surface area contributed by atoms with Crippen molar-refractivity contribution in [2.24, 2.45) is 5.92 Å². The SMILES string of the molecule is C/C=C\CCC(C)C.CC. The standard InChI is InChI=1S/C8H16.C2H6/c1-4-5-6-7-8(2)3;1-2/h4-5,8H,6-7H2,1-3H3;1-2H3/b5-4-;. The maximum atomic E-state index is 2.25. The van der Waals surface area contributed by atoms with E-state index >= 15 is 0 Å². The van der Waals surface area contributed by atoms with Gasteiger partial charge in [-0.05, 0) is 25.7 Å². The first kappa shape index (κ1) is 12.4. The van der Waals surface area contributed by atoms with Gasteiger partial charge in [0.15, 0.2) is 0 Å². The highest BCUT2D eigenvalue weighted by molar-refractivity contribution is 4.76. The van der Waals surface area contributed by atoms with Crippen molar-refractivity contribution in [3.63, 3.8) is 0 Å². The van der Waals surface area contributed by atoms with Gasteiger partial charge in [0.1, 0.15) is 0 Å². The molecule has 0 aliphatic heterocycles. The molecule has 0 spiro atoms. The fourth-order valence-corrected chi connectivity index (χ4v) is 0.596. The second-order valence-electron chi connectivity index (χ2n) is 2.54. The van der Waals surface area contributed by atoms with Gasteiger partial charge in [-0.3, -0.25) is 0 Å². The predicted molar refractivity (Wildman–Crippen MR) is 50.2 cm³/mol. The Hall–Kier alpha value is -0.260. The molecule has 0 atom stereocenters. The van der Waals surface area contributed by atoms with Crippen molar-refractivity contribution >= 4 is 0 Å². The van der Waals surface area contributed by atoms with Gasteiger partial charge in [0.05, 0.1) is 0 Å². The highest BCUT2D eigenvalue weighted by Gasteiger charge is 1.87. The highest BCUT2D eigenvalue weighted by Crippen LogP contribution is 2.02. The molecule has 0 aromatic rings. The van der Waals surface area contributed by atoms with Crippen LogP contribution in [0.1, 0.15) is 47.5 Å². The Morgan fingerprint density at radius 2 is 1.70 bits per heavy atom. The molecular formula is C10H22. The number of allylic oxidation sites excluding steroid dienone is 2. The monoisotopic (exact) mass is 142 g/mol. The lowest BCUT2D eigenvalue weighted by Crippen LogP contribution is -1.82. The molecule has 0 nitrogen and oxygen atoms in total. The molecule has 0 amide bonds. The van der Waals surface area contributed by atoms with Crippen LogP contribution < -0.4 is 0 Å². The van der Waals surface area contributed by atoms with Crippen LogP contribution in [0.3, 0.4) is 0 Å². The van der Waals surface area contributed by atoms with Crippen LogP contribution in [0.2, 0.25) is 0 Å². The molecule has 0 heteroatoms. The van der Waals surface area contributed by atoms with Crippen LogP contribution in [0, 0.1) is 5.92 Å². The van der Waals surface area contributed by atoms with Crippen LogP contribution in [-0.2, 0) is 0 Å². The molecule has 10 heavy (non-hydrogen) atoms. The summed E-state index contributed by atoms with van der Waals surface area (Å²) in [5.74, 6) is 0.853. The van der Waals surface area contributed by atoms with E-state index in [1.54, 1.807) is 0 Å². The molecule has 0 aliphatic carbocycles. The zero-order valence-electron chi connectivity index (χ0n) is 8.15. The third-order valence-electron chi connectivity index (χ3n) is 1.15. The Kier molecular flexibility index (Phi) is 14.3. The van der Waals surface area contributed by atoms with E-state index in [-0.39, 0.29) is 0 Å². The van der Waals surface area contributed by atoms with E-state index in [0.29, 0.717) is 0 Å². The lowest BCUT2D eigenvalue weighted by atomic mass is 10.1. The topological polar surface area (TPSA) is 0 Å². The van der Waals surface area contributed by atoms with Gasteiger partial charge in [-0.15, -0.1) is 0 Å². The molecule has 0 unspecified atom stereocenters. The van der Waals surface area contributed by atoms with Gasteiger partial charge < -0.3 is 0 Å². The van der Waals surface area contributed by atoms with Crippen LogP contribution >= 0.6 is 0 Å². The van der Waals surface area contributed by atoms with Crippen LogP contribution in [0.4, 0.5) is 0 Å². The quantitative estimate of drug-likeness (QED) is 0.522. The molecule has 0 fully saturated rings. The van der Waals surface area contributed by atoms with Crippen molar-refractivity contribution in [3.8, 4) is 0 Å². The third kappa shape index (κ3) is 15.6. The summed E-state index contributed by atoms with van der Waals surface area (Å²) in [4.78, 5) is 0. The van der Waals surface area contributed by atoms with Crippen molar-refractivity contribution in [1.29, 1.82) is 0 Å². The molecule has 0 aliphatic rings. The van der Waals surface area contributed by atoms with Gasteiger partial charge in [0.2, 0.25) is 0 Å². The Bertz CT molecular complexity index is 60.4.